The molecule has 0 amide bonds. The minimum atomic E-state index is -1.94. The average Bonchev–Trinajstić information content (AvgIpc) is 2.30. The first-order valence-electron chi connectivity index (χ1n) is 4.76. The zero-order valence-electron chi connectivity index (χ0n) is 8.41. The van der Waals surface area contributed by atoms with E-state index in [2.05, 4.69) is 12.2 Å². The summed E-state index contributed by atoms with van der Waals surface area (Å²) in [6.45, 7) is 0. The summed E-state index contributed by atoms with van der Waals surface area (Å²) in [6, 6.07) is 17.3. The van der Waals surface area contributed by atoms with Crippen molar-refractivity contribution in [1.29, 1.82) is 0 Å². The second-order valence-electron chi connectivity index (χ2n) is 3.19. The normalized spacial score (nSPS) is 10.9. The van der Waals surface area contributed by atoms with Crippen molar-refractivity contribution in [1.82, 2.24) is 0 Å². The van der Waals surface area contributed by atoms with E-state index in [1.807, 2.05) is 48.5 Å². The van der Waals surface area contributed by atoms with E-state index in [4.69, 9.17) is 4.52 Å². The van der Waals surface area contributed by atoms with Gasteiger partial charge in [-0.25, -0.2) is 4.52 Å². The Bertz CT molecular complexity index is 499. The van der Waals surface area contributed by atoms with Crippen LogP contribution in [0.4, 0.5) is 0 Å². The molecule has 0 saturated heterocycles. The third-order valence-electron chi connectivity index (χ3n) is 2.15. The highest BCUT2D eigenvalue weighted by Gasteiger charge is 2.15. The van der Waals surface area contributed by atoms with Crippen molar-refractivity contribution in [3.8, 4) is 16.9 Å². The van der Waals surface area contributed by atoms with Gasteiger partial charge in [0.25, 0.3) is 0 Å². The Labute approximate surface area is 100 Å². The molecule has 1 atom stereocenters. The topological polar surface area (TPSA) is 26.3 Å². The molecule has 0 aliphatic carbocycles. The van der Waals surface area contributed by atoms with E-state index in [0.717, 1.165) is 11.1 Å². The van der Waals surface area contributed by atoms with Crippen molar-refractivity contribution < 1.29 is 9.09 Å². The first-order chi connectivity index (χ1) is 7.77. The highest BCUT2D eigenvalue weighted by molar-refractivity contribution is 8.39. The van der Waals surface area contributed by atoms with Crippen LogP contribution in [-0.2, 0) is 4.57 Å². The van der Waals surface area contributed by atoms with Crippen LogP contribution in [0.1, 0.15) is 0 Å². The summed E-state index contributed by atoms with van der Waals surface area (Å²) in [4.78, 5) is 0. The standard InChI is InChI=1S/C12H9O2PS/c13-15(16)14-12-9-5-4-8-11(12)10-6-2-1-3-7-10/h1-9H/p+1. The Morgan fingerprint density at radius 3 is 2.25 bits per heavy atom. The molecule has 4 heteroatoms. The van der Waals surface area contributed by atoms with Crippen LogP contribution in [0.5, 0.6) is 5.75 Å². The van der Waals surface area contributed by atoms with Crippen molar-refractivity contribution in [2.45, 2.75) is 0 Å². The maximum absolute atomic E-state index is 11.0. The molecular formula is C12H10O2PS+. The van der Waals surface area contributed by atoms with Crippen LogP contribution in [-0.4, -0.2) is 0 Å². The van der Waals surface area contributed by atoms with Crippen molar-refractivity contribution in [3.63, 3.8) is 0 Å². The molecule has 0 aliphatic rings. The summed E-state index contributed by atoms with van der Waals surface area (Å²) >= 11 is 3.76. The maximum atomic E-state index is 11.0. The van der Waals surface area contributed by atoms with Crippen LogP contribution in [0.15, 0.2) is 54.6 Å². The molecule has 1 unspecified atom stereocenters. The van der Waals surface area contributed by atoms with Gasteiger partial charge < -0.3 is 0 Å². The van der Waals surface area contributed by atoms with Gasteiger partial charge in [-0.2, -0.15) is 0 Å². The number of benzene rings is 2. The number of hydrogen-bond acceptors (Lipinski definition) is 2. The Kier molecular flexibility index (Phi) is 3.60. The average molecular weight is 249 g/mol. The molecule has 0 spiro atoms. The third-order valence-corrected chi connectivity index (χ3v) is 2.75. The number of hydrogen-bond donors (Lipinski definition) is 1. The predicted octanol–water partition coefficient (Wildman–Crippen LogP) is 4.32. The third kappa shape index (κ3) is 2.63. The quantitative estimate of drug-likeness (QED) is 0.647. The minimum Gasteiger partial charge on any atom is -0.245 e. The van der Waals surface area contributed by atoms with Gasteiger partial charge in [0.2, 0.25) is 0 Å². The van der Waals surface area contributed by atoms with Crippen molar-refractivity contribution >= 4 is 19.5 Å². The second-order valence-corrected chi connectivity index (χ2v) is 4.83. The number of thiol groups is 1. The van der Waals surface area contributed by atoms with E-state index in [0.29, 0.717) is 5.75 Å². The fraction of sp³-hybridized carbons (Fsp3) is 0. The van der Waals surface area contributed by atoms with Gasteiger partial charge in [0, 0.05) is 5.56 Å². The second kappa shape index (κ2) is 5.15. The smallest absolute Gasteiger partial charge is 0.245 e. The maximum Gasteiger partial charge on any atom is 0.631 e. The largest absolute Gasteiger partial charge is 0.631 e. The summed E-state index contributed by atoms with van der Waals surface area (Å²) in [5, 5.41) is 0. The summed E-state index contributed by atoms with van der Waals surface area (Å²) < 4.78 is 16.2. The van der Waals surface area contributed by atoms with Gasteiger partial charge in [0.15, 0.2) is 18.0 Å². The molecule has 2 nitrogen and oxygen atoms in total. The van der Waals surface area contributed by atoms with E-state index in [1.54, 1.807) is 6.07 Å². The molecule has 0 heterocycles. The number of para-hydroxylation sites is 1. The lowest BCUT2D eigenvalue weighted by molar-refractivity contribution is 0.521. The van der Waals surface area contributed by atoms with Gasteiger partial charge >= 0.3 is 7.23 Å². The molecule has 80 valence electrons. The fourth-order valence-electron chi connectivity index (χ4n) is 1.49. The van der Waals surface area contributed by atoms with E-state index in [1.165, 1.54) is 0 Å². The lowest BCUT2D eigenvalue weighted by atomic mass is 10.1. The fourth-order valence-corrected chi connectivity index (χ4v) is 2.08. The van der Waals surface area contributed by atoms with Crippen molar-refractivity contribution in [3.05, 3.63) is 54.6 Å². The summed E-state index contributed by atoms with van der Waals surface area (Å²) in [5.74, 6) is 0.588. The Morgan fingerprint density at radius 2 is 1.56 bits per heavy atom. The zero-order valence-corrected chi connectivity index (χ0v) is 10.2. The van der Waals surface area contributed by atoms with Gasteiger partial charge in [0.05, 0.1) is 0 Å². The zero-order chi connectivity index (χ0) is 11.4. The molecule has 0 N–H and O–H groups in total. The van der Waals surface area contributed by atoms with Gasteiger partial charge in [0.1, 0.15) is 0 Å². The van der Waals surface area contributed by atoms with E-state index < -0.39 is 7.23 Å². The summed E-state index contributed by atoms with van der Waals surface area (Å²) in [6.07, 6.45) is 0. The van der Waals surface area contributed by atoms with Crippen LogP contribution in [0, 0.1) is 0 Å². The summed E-state index contributed by atoms with van der Waals surface area (Å²) in [7, 11) is -1.94. The molecule has 0 fully saturated rings. The van der Waals surface area contributed by atoms with Crippen molar-refractivity contribution in [2.75, 3.05) is 0 Å². The van der Waals surface area contributed by atoms with Crippen LogP contribution in [0.25, 0.3) is 11.1 Å². The van der Waals surface area contributed by atoms with Crippen LogP contribution in [0.3, 0.4) is 0 Å². The van der Waals surface area contributed by atoms with Crippen LogP contribution < -0.4 is 4.52 Å². The molecule has 0 aromatic heterocycles. The van der Waals surface area contributed by atoms with Gasteiger partial charge in [-0.05, 0) is 16.2 Å². The highest BCUT2D eigenvalue weighted by atomic mass is 32.7. The number of rotatable bonds is 3. The SMILES string of the molecule is O=[P+](S)Oc1ccccc1-c1ccccc1. The van der Waals surface area contributed by atoms with Crippen LogP contribution in [0.2, 0.25) is 0 Å². The first-order valence-corrected chi connectivity index (χ1v) is 7.09. The predicted molar refractivity (Wildman–Crippen MR) is 69.1 cm³/mol. The molecule has 0 bridgehead atoms. The molecule has 0 aliphatic heterocycles. The lowest BCUT2D eigenvalue weighted by Gasteiger charge is -2.03. The Morgan fingerprint density at radius 1 is 0.938 bits per heavy atom. The van der Waals surface area contributed by atoms with E-state index >= 15 is 0 Å². The van der Waals surface area contributed by atoms with Gasteiger partial charge in [-0.1, -0.05) is 48.5 Å². The Hall–Kier alpha value is -1.31. The highest BCUT2D eigenvalue weighted by Crippen LogP contribution is 2.37. The molecule has 2 aromatic carbocycles. The van der Waals surface area contributed by atoms with Crippen LogP contribution >= 0.6 is 19.5 Å². The van der Waals surface area contributed by atoms with Gasteiger partial charge in [-0.15, -0.1) is 0 Å². The summed E-state index contributed by atoms with van der Waals surface area (Å²) in [5.41, 5.74) is 1.95. The molecule has 0 radical (unpaired) electrons. The van der Waals surface area contributed by atoms with Gasteiger partial charge in [-0.3, -0.25) is 0 Å². The minimum absolute atomic E-state index is 0.588. The molecule has 0 saturated carbocycles. The van der Waals surface area contributed by atoms with Crippen molar-refractivity contribution in [2.24, 2.45) is 0 Å². The molecule has 16 heavy (non-hydrogen) atoms. The molecular weight excluding hydrogens is 239 g/mol. The Balaban J connectivity index is 2.44. The van der Waals surface area contributed by atoms with E-state index in [9.17, 15) is 4.57 Å². The molecule has 2 rings (SSSR count). The first kappa shape index (κ1) is 11.2. The van der Waals surface area contributed by atoms with E-state index in [-0.39, 0.29) is 0 Å². The monoisotopic (exact) mass is 249 g/mol. The lowest BCUT2D eigenvalue weighted by Crippen LogP contribution is -1.83. The molecule has 2 aromatic rings.